The molecule has 17 heavy (non-hydrogen) atoms. The third-order valence-corrected chi connectivity index (χ3v) is 3.42. The van der Waals surface area contributed by atoms with E-state index in [-0.39, 0.29) is 0 Å². The predicted octanol–water partition coefficient (Wildman–Crippen LogP) is 6.41. The molecule has 0 amide bonds. The predicted molar refractivity (Wildman–Crippen MR) is 83.9 cm³/mol. The molecule has 0 saturated heterocycles. The van der Waals surface area contributed by atoms with Gasteiger partial charge in [-0.15, -0.1) is 0 Å². The molecule has 0 aromatic rings. The number of rotatable bonds is 12. The lowest BCUT2D eigenvalue weighted by atomic mass is 10.1. The second-order valence-corrected chi connectivity index (χ2v) is 5.39. The van der Waals surface area contributed by atoms with Gasteiger partial charge in [0.05, 0.1) is 0 Å². The molecule has 0 aromatic carbocycles. The molecular weight excluding hydrogens is 272 g/mol. The van der Waals surface area contributed by atoms with Crippen LogP contribution in [0.15, 0.2) is 24.3 Å². The van der Waals surface area contributed by atoms with Gasteiger partial charge in [-0.2, -0.15) is 0 Å². The Balaban J connectivity index is 3.11. The van der Waals surface area contributed by atoms with Crippen molar-refractivity contribution in [3.63, 3.8) is 0 Å². The molecule has 0 unspecified atom stereocenters. The van der Waals surface area contributed by atoms with Crippen LogP contribution in [0.25, 0.3) is 0 Å². The highest BCUT2D eigenvalue weighted by Gasteiger charge is 1.89. The fourth-order valence-electron chi connectivity index (χ4n) is 1.74. The van der Waals surface area contributed by atoms with E-state index in [9.17, 15) is 0 Å². The first-order valence-electron chi connectivity index (χ1n) is 7.29. The minimum atomic E-state index is 1.17. The van der Waals surface area contributed by atoms with Crippen LogP contribution in [-0.4, -0.2) is 5.33 Å². The normalized spacial score (nSPS) is 11.9. The van der Waals surface area contributed by atoms with Crippen molar-refractivity contribution >= 4 is 15.9 Å². The summed E-state index contributed by atoms with van der Waals surface area (Å²) in [7, 11) is 0. The first-order chi connectivity index (χ1) is 8.41. The summed E-state index contributed by atoms with van der Waals surface area (Å²) >= 11 is 3.47. The van der Waals surface area contributed by atoms with Crippen LogP contribution in [0.4, 0.5) is 0 Å². The molecule has 0 saturated carbocycles. The van der Waals surface area contributed by atoms with Gasteiger partial charge in [-0.1, -0.05) is 85.7 Å². The molecule has 100 valence electrons. The Bertz CT molecular complexity index is 182. The molecule has 0 aliphatic carbocycles. The summed E-state index contributed by atoms with van der Waals surface area (Å²) in [5, 5.41) is 1.17. The van der Waals surface area contributed by atoms with Crippen LogP contribution >= 0.6 is 15.9 Å². The van der Waals surface area contributed by atoms with Gasteiger partial charge in [0, 0.05) is 5.33 Å². The third kappa shape index (κ3) is 16.0. The van der Waals surface area contributed by atoms with E-state index in [2.05, 4.69) is 47.2 Å². The van der Waals surface area contributed by atoms with Crippen molar-refractivity contribution in [2.45, 2.75) is 71.1 Å². The highest BCUT2D eigenvalue weighted by atomic mass is 79.9. The maximum absolute atomic E-state index is 3.47. The average Bonchev–Trinajstić information content (AvgIpc) is 2.35. The van der Waals surface area contributed by atoms with Gasteiger partial charge in [-0.3, -0.25) is 0 Å². The number of allylic oxidation sites excluding steroid dienone is 4. The largest absolute Gasteiger partial charge is 0.0928 e. The Labute approximate surface area is 117 Å². The minimum Gasteiger partial charge on any atom is -0.0928 e. The zero-order chi connectivity index (χ0) is 12.6. The lowest BCUT2D eigenvalue weighted by molar-refractivity contribution is 0.614. The van der Waals surface area contributed by atoms with E-state index in [4.69, 9.17) is 0 Å². The van der Waals surface area contributed by atoms with Gasteiger partial charge in [-0.25, -0.2) is 0 Å². The van der Waals surface area contributed by atoms with Crippen molar-refractivity contribution in [3.8, 4) is 0 Å². The summed E-state index contributed by atoms with van der Waals surface area (Å²) in [6, 6.07) is 0. The molecular formula is C16H29Br. The van der Waals surface area contributed by atoms with Gasteiger partial charge in [0.2, 0.25) is 0 Å². The van der Waals surface area contributed by atoms with Gasteiger partial charge in [0.1, 0.15) is 0 Å². The topological polar surface area (TPSA) is 0 Å². The molecule has 0 radical (unpaired) electrons. The van der Waals surface area contributed by atoms with Crippen molar-refractivity contribution in [3.05, 3.63) is 24.3 Å². The monoisotopic (exact) mass is 300 g/mol. The number of hydrogen-bond donors (Lipinski definition) is 0. The molecule has 0 aliphatic rings. The third-order valence-electron chi connectivity index (χ3n) is 2.86. The molecule has 0 aromatic heterocycles. The van der Waals surface area contributed by atoms with Crippen molar-refractivity contribution < 1.29 is 0 Å². The van der Waals surface area contributed by atoms with Crippen LogP contribution in [0.5, 0.6) is 0 Å². The van der Waals surface area contributed by atoms with Gasteiger partial charge >= 0.3 is 0 Å². The molecule has 0 atom stereocenters. The van der Waals surface area contributed by atoms with E-state index in [1.807, 2.05) is 0 Å². The summed E-state index contributed by atoms with van der Waals surface area (Å²) in [6.07, 6.45) is 22.4. The summed E-state index contributed by atoms with van der Waals surface area (Å²) in [5.41, 5.74) is 0. The average molecular weight is 301 g/mol. The van der Waals surface area contributed by atoms with E-state index >= 15 is 0 Å². The van der Waals surface area contributed by atoms with Gasteiger partial charge < -0.3 is 0 Å². The molecule has 0 fully saturated rings. The summed E-state index contributed by atoms with van der Waals surface area (Å²) < 4.78 is 0. The van der Waals surface area contributed by atoms with E-state index in [0.29, 0.717) is 0 Å². The number of unbranched alkanes of at least 4 members (excludes halogenated alkanes) is 8. The molecule has 0 aliphatic heterocycles. The maximum Gasteiger partial charge on any atom is 0.00313 e. The molecule has 0 rings (SSSR count). The van der Waals surface area contributed by atoms with Gasteiger partial charge in [-0.05, 0) is 25.7 Å². The van der Waals surface area contributed by atoms with Crippen LogP contribution in [0, 0.1) is 0 Å². The first kappa shape index (κ1) is 17.0. The lowest BCUT2D eigenvalue weighted by Crippen LogP contribution is -1.79. The van der Waals surface area contributed by atoms with Crippen LogP contribution < -0.4 is 0 Å². The summed E-state index contributed by atoms with van der Waals surface area (Å²) in [6.45, 7) is 2.24. The molecule has 0 N–H and O–H groups in total. The van der Waals surface area contributed by atoms with Crippen LogP contribution in [0.1, 0.15) is 71.1 Å². The fraction of sp³-hybridized carbons (Fsp3) is 0.750. The van der Waals surface area contributed by atoms with E-state index < -0.39 is 0 Å². The highest BCUT2D eigenvalue weighted by Crippen LogP contribution is 2.08. The Hall–Kier alpha value is -0.0400. The maximum atomic E-state index is 3.47. The van der Waals surface area contributed by atoms with Gasteiger partial charge in [0.15, 0.2) is 0 Å². The summed E-state index contributed by atoms with van der Waals surface area (Å²) in [4.78, 5) is 0. The summed E-state index contributed by atoms with van der Waals surface area (Å²) in [5.74, 6) is 0. The van der Waals surface area contributed by atoms with Crippen molar-refractivity contribution in [1.82, 2.24) is 0 Å². The second kappa shape index (κ2) is 16.0. The van der Waals surface area contributed by atoms with Crippen molar-refractivity contribution in [2.75, 3.05) is 5.33 Å². The second-order valence-electron chi connectivity index (χ2n) is 4.60. The molecule has 1 heteroatoms. The quantitative estimate of drug-likeness (QED) is 0.222. The number of alkyl halides is 1. The zero-order valence-corrected chi connectivity index (χ0v) is 13.1. The van der Waals surface area contributed by atoms with E-state index in [0.717, 1.165) is 0 Å². The Morgan fingerprint density at radius 2 is 1.24 bits per heavy atom. The zero-order valence-electron chi connectivity index (χ0n) is 11.5. The number of halogens is 1. The van der Waals surface area contributed by atoms with Gasteiger partial charge in [0.25, 0.3) is 0 Å². The number of hydrogen-bond acceptors (Lipinski definition) is 0. The standard InChI is InChI=1S/C16H29Br/c1-2-3-4-5-6-7-8-9-10-11-12-13-14-15-16-17/h5-8H,2-4,9-16H2,1H3. The van der Waals surface area contributed by atoms with Crippen LogP contribution in [0.2, 0.25) is 0 Å². The Morgan fingerprint density at radius 1 is 0.706 bits per heavy atom. The Kier molecular flexibility index (Phi) is 15.9. The van der Waals surface area contributed by atoms with Crippen LogP contribution in [0.3, 0.4) is 0 Å². The minimum absolute atomic E-state index is 1.17. The fourth-order valence-corrected chi connectivity index (χ4v) is 2.13. The lowest BCUT2D eigenvalue weighted by Gasteiger charge is -1.98. The first-order valence-corrected chi connectivity index (χ1v) is 8.41. The molecule has 0 bridgehead atoms. The Morgan fingerprint density at radius 3 is 1.82 bits per heavy atom. The van der Waals surface area contributed by atoms with Crippen molar-refractivity contribution in [2.24, 2.45) is 0 Å². The smallest absolute Gasteiger partial charge is 0.00313 e. The van der Waals surface area contributed by atoms with E-state index in [1.165, 1.54) is 69.5 Å². The molecule has 0 nitrogen and oxygen atoms in total. The highest BCUT2D eigenvalue weighted by molar-refractivity contribution is 9.09. The molecule has 0 heterocycles. The van der Waals surface area contributed by atoms with Crippen LogP contribution in [-0.2, 0) is 0 Å². The van der Waals surface area contributed by atoms with Crippen molar-refractivity contribution in [1.29, 1.82) is 0 Å². The van der Waals surface area contributed by atoms with E-state index in [1.54, 1.807) is 0 Å². The SMILES string of the molecule is CCCCC=CC=CCCCCCCCCBr. The molecule has 0 spiro atoms.